The first-order valence-corrected chi connectivity index (χ1v) is 6.35. The highest BCUT2D eigenvalue weighted by molar-refractivity contribution is 6.09. The zero-order chi connectivity index (χ0) is 13.5. The maximum Gasteiger partial charge on any atom is 0.144 e. The highest BCUT2D eigenvalue weighted by atomic mass is 19.1. The fourth-order valence-corrected chi connectivity index (χ4v) is 2.50. The summed E-state index contributed by atoms with van der Waals surface area (Å²) in [6.07, 6.45) is 1.75. The van der Waals surface area contributed by atoms with E-state index in [0.717, 1.165) is 27.6 Å². The third kappa shape index (κ3) is 1.60. The predicted octanol–water partition coefficient (Wildman–Crippen LogP) is 4.79. The second kappa shape index (κ2) is 4.17. The van der Waals surface area contributed by atoms with Gasteiger partial charge in [-0.3, -0.25) is 4.98 Å². The normalized spacial score (nSPS) is 11.2. The molecule has 0 radical (unpaired) electrons. The van der Waals surface area contributed by atoms with Gasteiger partial charge < -0.3 is 4.42 Å². The van der Waals surface area contributed by atoms with E-state index in [2.05, 4.69) is 4.98 Å². The number of para-hydroxylation sites is 1. The molecule has 0 atom stereocenters. The van der Waals surface area contributed by atoms with Crippen LogP contribution >= 0.6 is 0 Å². The fourth-order valence-electron chi connectivity index (χ4n) is 2.50. The average molecular weight is 263 g/mol. The Morgan fingerprint density at radius 3 is 2.70 bits per heavy atom. The van der Waals surface area contributed by atoms with Gasteiger partial charge in [0.2, 0.25) is 0 Å². The van der Waals surface area contributed by atoms with Crippen molar-refractivity contribution < 1.29 is 8.81 Å². The largest absolute Gasteiger partial charge is 0.455 e. The molecule has 0 aliphatic carbocycles. The average Bonchev–Trinajstić information content (AvgIpc) is 2.85. The van der Waals surface area contributed by atoms with Crippen LogP contribution in [-0.2, 0) is 0 Å². The van der Waals surface area contributed by atoms with Crippen molar-refractivity contribution in [1.29, 1.82) is 0 Å². The first-order chi connectivity index (χ1) is 9.83. The summed E-state index contributed by atoms with van der Waals surface area (Å²) in [6.45, 7) is 0. The SMILES string of the molecule is Fc1ccc2c(c1)oc1c(-c3ccccn3)cccc12. The van der Waals surface area contributed by atoms with Crippen LogP contribution in [0.15, 0.2) is 65.2 Å². The number of benzene rings is 2. The Hall–Kier alpha value is -2.68. The van der Waals surface area contributed by atoms with Gasteiger partial charge in [0.05, 0.1) is 5.69 Å². The number of hydrogen-bond donors (Lipinski definition) is 0. The third-order valence-corrected chi connectivity index (χ3v) is 3.40. The number of aromatic nitrogens is 1. The van der Waals surface area contributed by atoms with E-state index in [1.54, 1.807) is 12.3 Å². The molecule has 0 amide bonds. The number of hydrogen-bond acceptors (Lipinski definition) is 2. The second-order valence-corrected chi connectivity index (χ2v) is 4.64. The van der Waals surface area contributed by atoms with Crippen LogP contribution in [0.4, 0.5) is 4.39 Å². The molecule has 2 nitrogen and oxygen atoms in total. The van der Waals surface area contributed by atoms with Crippen LogP contribution in [0, 0.1) is 5.82 Å². The van der Waals surface area contributed by atoms with Crippen LogP contribution in [0.5, 0.6) is 0 Å². The van der Waals surface area contributed by atoms with Crippen molar-refractivity contribution in [2.24, 2.45) is 0 Å². The van der Waals surface area contributed by atoms with Gasteiger partial charge in [-0.05, 0) is 30.3 Å². The number of nitrogens with zero attached hydrogens (tertiary/aromatic N) is 1. The van der Waals surface area contributed by atoms with E-state index < -0.39 is 0 Å². The van der Waals surface area contributed by atoms with E-state index in [4.69, 9.17) is 4.42 Å². The molecule has 0 fully saturated rings. The highest BCUT2D eigenvalue weighted by Crippen LogP contribution is 2.35. The molecule has 2 aromatic carbocycles. The summed E-state index contributed by atoms with van der Waals surface area (Å²) in [5.41, 5.74) is 3.06. The van der Waals surface area contributed by atoms with Crippen LogP contribution in [0.1, 0.15) is 0 Å². The monoisotopic (exact) mass is 263 g/mol. The molecule has 96 valence electrons. The molecule has 2 aromatic heterocycles. The van der Waals surface area contributed by atoms with E-state index in [9.17, 15) is 4.39 Å². The summed E-state index contributed by atoms with van der Waals surface area (Å²) in [5, 5.41) is 1.89. The standard InChI is InChI=1S/C17H10FNO/c18-11-7-8-12-13-4-3-5-14(15-6-1-2-9-19-15)17(13)20-16(12)10-11/h1-10H. The lowest BCUT2D eigenvalue weighted by Gasteiger charge is -2.00. The van der Waals surface area contributed by atoms with Crippen molar-refractivity contribution in [3.8, 4) is 11.3 Å². The number of furan rings is 1. The van der Waals surface area contributed by atoms with Gasteiger partial charge in [0.25, 0.3) is 0 Å². The van der Waals surface area contributed by atoms with Crippen LogP contribution in [0.2, 0.25) is 0 Å². The number of halogens is 1. The molecule has 3 heteroatoms. The van der Waals surface area contributed by atoms with Gasteiger partial charge in [0, 0.05) is 28.6 Å². The van der Waals surface area contributed by atoms with Gasteiger partial charge in [0.1, 0.15) is 17.0 Å². The Bertz CT molecular complexity index is 912. The molecular formula is C17H10FNO. The Morgan fingerprint density at radius 1 is 0.900 bits per heavy atom. The maximum atomic E-state index is 13.3. The molecule has 0 saturated carbocycles. The summed E-state index contributed by atoms with van der Waals surface area (Å²) in [6, 6.07) is 16.3. The lowest BCUT2D eigenvalue weighted by atomic mass is 10.1. The molecule has 4 aromatic rings. The van der Waals surface area contributed by atoms with Gasteiger partial charge in [-0.25, -0.2) is 4.39 Å². The van der Waals surface area contributed by atoms with Crippen LogP contribution in [0.3, 0.4) is 0 Å². The molecule has 0 saturated heterocycles. The van der Waals surface area contributed by atoms with E-state index in [-0.39, 0.29) is 5.82 Å². The van der Waals surface area contributed by atoms with Gasteiger partial charge in [0.15, 0.2) is 0 Å². The zero-order valence-electron chi connectivity index (χ0n) is 10.5. The molecule has 0 unspecified atom stereocenters. The summed E-state index contributed by atoms with van der Waals surface area (Å²) in [4.78, 5) is 4.35. The summed E-state index contributed by atoms with van der Waals surface area (Å²) >= 11 is 0. The molecule has 2 heterocycles. The summed E-state index contributed by atoms with van der Waals surface area (Å²) in [5.74, 6) is -0.295. The maximum absolute atomic E-state index is 13.3. The van der Waals surface area contributed by atoms with Gasteiger partial charge in [-0.2, -0.15) is 0 Å². The Morgan fingerprint density at radius 2 is 1.85 bits per heavy atom. The first kappa shape index (κ1) is 11.2. The van der Waals surface area contributed by atoms with E-state index in [1.807, 2.05) is 36.4 Å². The van der Waals surface area contributed by atoms with Crippen molar-refractivity contribution >= 4 is 21.9 Å². The predicted molar refractivity (Wildman–Crippen MR) is 76.9 cm³/mol. The molecule has 0 bridgehead atoms. The fraction of sp³-hybridized carbons (Fsp3) is 0. The number of rotatable bonds is 1. The molecule has 0 N–H and O–H groups in total. The second-order valence-electron chi connectivity index (χ2n) is 4.64. The summed E-state index contributed by atoms with van der Waals surface area (Å²) in [7, 11) is 0. The van der Waals surface area contributed by atoms with E-state index in [0.29, 0.717) is 5.58 Å². The minimum Gasteiger partial charge on any atom is -0.455 e. The third-order valence-electron chi connectivity index (χ3n) is 3.40. The van der Waals surface area contributed by atoms with Crippen molar-refractivity contribution in [3.05, 3.63) is 66.6 Å². The number of fused-ring (bicyclic) bond motifs is 3. The van der Waals surface area contributed by atoms with E-state index in [1.165, 1.54) is 12.1 Å². The first-order valence-electron chi connectivity index (χ1n) is 6.35. The smallest absolute Gasteiger partial charge is 0.144 e. The van der Waals surface area contributed by atoms with Crippen molar-refractivity contribution in [3.63, 3.8) is 0 Å². The molecular weight excluding hydrogens is 253 g/mol. The van der Waals surface area contributed by atoms with Crippen LogP contribution < -0.4 is 0 Å². The quantitative estimate of drug-likeness (QED) is 0.493. The lowest BCUT2D eigenvalue weighted by Crippen LogP contribution is -1.81. The lowest BCUT2D eigenvalue weighted by molar-refractivity contribution is 0.618. The number of pyridine rings is 1. The Balaban J connectivity index is 2.11. The molecule has 0 aliphatic heterocycles. The highest BCUT2D eigenvalue weighted by Gasteiger charge is 2.12. The van der Waals surface area contributed by atoms with Crippen molar-refractivity contribution in [1.82, 2.24) is 4.98 Å². The zero-order valence-corrected chi connectivity index (χ0v) is 10.5. The minimum atomic E-state index is -0.295. The van der Waals surface area contributed by atoms with Crippen LogP contribution in [0.25, 0.3) is 33.2 Å². The summed E-state index contributed by atoms with van der Waals surface area (Å²) < 4.78 is 19.2. The van der Waals surface area contributed by atoms with Crippen molar-refractivity contribution in [2.75, 3.05) is 0 Å². The molecule has 0 spiro atoms. The molecule has 20 heavy (non-hydrogen) atoms. The minimum absolute atomic E-state index is 0.295. The van der Waals surface area contributed by atoms with Gasteiger partial charge in [-0.15, -0.1) is 0 Å². The molecule has 0 aliphatic rings. The Labute approximate surface area is 114 Å². The van der Waals surface area contributed by atoms with Gasteiger partial charge >= 0.3 is 0 Å². The van der Waals surface area contributed by atoms with E-state index >= 15 is 0 Å². The topological polar surface area (TPSA) is 26.0 Å². The Kier molecular flexibility index (Phi) is 2.33. The molecule has 4 rings (SSSR count). The van der Waals surface area contributed by atoms with Crippen molar-refractivity contribution in [2.45, 2.75) is 0 Å². The van der Waals surface area contributed by atoms with Gasteiger partial charge in [-0.1, -0.05) is 18.2 Å². The van der Waals surface area contributed by atoms with Crippen LogP contribution in [-0.4, -0.2) is 4.98 Å².